The first-order valence-corrected chi connectivity index (χ1v) is 10.3. The van der Waals surface area contributed by atoms with E-state index in [1.807, 2.05) is 18.3 Å². The third-order valence-electron chi connectivity index (χ3n) is 5.68. The molecular weight excluding hydrogens is 368 g/mol. The van der Waals surface area contributed by atoms with Crippen LogP contribution in [0.15, 0.2) is 72.9 Å². The molecule has 0 atom stereocenters. The van der Waals surface area contributed by atoms with Gasteiger partial charge in [-0.15, -0.1) is 0 Å². The van der Waals surface area contributed by atoms with Crippen molar-refractivity contribution in [2.45, 2.75) is 13.3 Å². The zero-order chi connectivity index (χ0) is 20.5. The number of pyridine rings is 2. The van der Waals surface area contributed by atoms with E-state index < -0.39 is 0 Å². The lowest BCUT2D eigenvalue weighted by Gasteiger charge is -2.16. The summed E-state index contributed by atoms with van der Waals surface area (Å²) in [6.07, 6.45) is 5.13. The van der Waals surface area contributed by atoms with Gasteiger partial charge in [0.05, 0.1) is 17.0 Å². The highest BCUT2D eigenvalue weighted by molar-refractivity contribution is 6.06. The van der Waals surface area contributed by atoms with Crippen LogP contribution in [0.2, 0.25) is 0 Å². The highest BCUT2D eigenvalue weighted by Gasteiger charge is 2.16. The van der Waals surface area contributed by atoms with E-state index in [0.29, 0.717) is 5.82 Å². The number of nitrogens with two attached hydrogens (primary N) is 1. The zero-order valence-corrected chi connectivity index (χ0v) is 17.0. The normalized spacial score (nSPS) is 14.0. The van der Waals surface area contributed by atoms with Gasteiger partial charge in [0.2, 0.25) is 0 Å². The average Bonchev–Trinajstić information content (AvgIpc) is 2.79. The van der Waals surface area contributed by atoms with Gasteiger partial charge in [0.15, 0.2) is 0 Å². The molecular formula is C26H24N4. The van der Waals surface area contributed by atoms with Crippen LogP contribution in [0.25, 0.3) is 38.9 Å². The molecule has 3 heterocycles. The van der Waals surface area contributed by atoms with Crippen molar-refractivity contribution >= 4 is 22.2 Å². The van der Waals surface area contributed by atoms with E-state index in [4.69, 9.17) is 10.7 Å². The van der Waals surface area contributed by atoms with Crippen molar-refractivity contribution in [3.63, 3.8) is 0 Å². The second-order valence-corrected chi connectivity index (χ2v) is 7.75. The second kappa shape index (κ2) is 7.73. The average molecular weight is 393 g/mol. The maximum absolute atomic E-state index is 6.52. The summed E-state index contributed by atoms with van der Waals surface area (Å²) in [5.41, 5.74) is 14.1. The fourth-order valence-corrected chi connectivity index (χ4v) is 4.20. The Kier molecular flexibility index (Phi) is 4.77. The Hall–Kier alpha value is -3.50. The minimum atomic E-state index is 0.508. The van der Waals surface area contributed by atoms with Crippen molar-refractivity contribution < 1.29 is 0 Å². The summed E-state index contributed by atoms with van der Waals surface area (Å²) >= 11 is 0. The number of hydrogen-bond acceptors (Lipinski definition) is 4. The van der Waals surface area contributed by atoms with Gasteiger partial charge in [0.25, 0.3) is 0 Å². The summed E-state index contributed by atoms with van der Waals surface area (Å²) in [6, 6.07) is 21.0. The molecule has 0 saturated heterocycles. The molecule has 4 aromatic rings. The number of nitrogens with zero attached hydrogens (tertiary/aromatic N) is 2. The van der Waals surface area contributed by atoms with Crippen molar-refractivity contribution in [1.29, 1.82) is 0 Å². The molecule has 148 valence electrons. The molecule has 0 amide bonds. The topological polar surface area (TPSA) is 63.8 Å². The summed E-state index contributed by atoms with van der Waals surface area (Å²) in [5, 5.41) is 5.54. The van der Waals surface area contributed by atoms with Gasteiger partial charge >= 0.3 is 0 Å². The Morgan fingerprint density at radius 1 is 0.933 bits per heavy atom. The molecule has 1 aliphatic rings. The van der Waals surface area contributed by atoms with Crippen LogP contribution < -0.4 is 11.1 Å². The number of nitrogen functional groups attached to an aromatic ring is 1. The van der Waals surface area contributed by atoms with E-state index in [2.05, 4.69) is 71.8 Å². The molecule has 30 heavy (non-hydrogen) atoms. The fourth-order valence-electron chi connectivity index (χ4n) is 4.20. The predicted octanol–water partition coefficient (Wildman–Crippen LogP) is 5.23. The van der Waals surface area contributed by atoms with Gasteiger partial charge < -0.3 is 11.1 Å². The first-order chi connectivity index (χ1) is 14.7. The highest BCUT2D eigenvalue weighted by atomic mass is 14.9. The number of benzene rings is 2. The summed E-state index contributed by atoms with van der Waals surface area (Å²) in [7, 11) is 0. The molecule has 5 rings (SSSR count). The van der Waals surface area contributed by atoms with Gasteiger partial charge in [0.1, 0.15) is 5.82 Å². The molecule has 3 N–H and O–H groups in total. The Bertz CT molecular complexity index is 1270. The lowest BCUT2D eigenvalue weighted by atomic mass is 9.94. The number of aromatic nitrogens is 2. The third-order valence-corrected chi connectivity index (χ3v) is 5.68. The Morgan fingerprint density at radius 2 is 1.77 bits per heavy atom. The van der Waals surface area contributed by atoms with Crippen molar-refractivity contribution in [3.8, 4) is 22.5 Å². The van der Waals surface area contributed by atoms with Crippen molar-refractivity contribution in [1.82, 2.24) is 15.3 Å². The molecule has 2 aromatic heterocycles. The third kappa shape index (κ3) is 3.36. The number of nitrogens with one attached hydrogen (secondary N) is 1. The number of aryl methyl sites for hydroxylation is 1. The van der Waals surface area contributed by atoms with E-state index >= 15 is 0 Å². The van der Waals surface area contributed by atoms with E-state index in [-0.39, 0.29) is 0 Å². The lowest BCUT2D eigenvalue weighted by Crippen LogP contribution is -2.19. The molecule has 0 fully saturated rings. The molecule has 4 nitrogen and oxygen atoms in total. The predicted molar refractivity (Wildman–Crippen MR) is 125 cm³/mol. The molecule has 2 aromatic carbocycles. The SMILES string of the molecule is Cc1ccnc(-c2c(N)nc(-c3cccc(C4=CCNCC4)c3)c3ccccc23)c1. The fraction of sp³-hybridized carbons (Fsp3) is 0.154. The molecule has 4 heteroatoms. The van der Waals surface area contributed by atoms with Gasteiger partial charge in [-0.1, -0.05) is 48.5 Å². The van der Waals surface area contributed by atoms with E-state index in [1.165, 1.54) is 11.1 Å². The van der Waals surface area contributed by atoms with Crippen molar-refractivity contribution in [2.75, 3.05) is 18.8 Å². The minimum Gasteiger partial charge on any atom is -0.383 e. The summed E-state index contributed by atoms with van der Waals surface area (Å²) < 4.78 is 0. The number of anilines is 1. The smallest absolute Gasteiger partial charge is 0.134 e. The van der Waals surface area contributed by atoms with Crippen molar-refractivity contribution in [3.05, 3.63) is 84.1 Å². The summed E-state index contributed by atoms with van der Waals surface area (Å²) in [4.78, 5) is 9.43. The standard InChI is InChI=1S/C26H24N4/c1-17-9-14-29-23(15-17)24-21-7-2-3-8-22(21)25(30-26(24)27)20-6-4-5-19(16-20)18-10-12-28-13-11-18/h2-10,14-16,28H,11-13H2,1H3,(H2,27,30). The van der Waals surface area contributed by atoms with Crippen LogP contribution >= 0.6 is 0 Å². The summed E-state index contributed by atoms with van der Waals surface area (Å²) in [6.45, 7) is 4.00. The summed E-state index contributed by atoms with van der Waals surface area (Å²) in [5.74, 6) is 0.508. The first kappa shape index (κ1) is 18.5. The van der Waals surface area contributed by atoms with E-state index in [1.54, 1.807) is 0 Å². The van der Waals surface area contributed by atoms with Gasteiger partial charge in [-0.05, 0) is 60.2 Å². The van der Waals surface area contributed by atoms with Crippen LogP contribution in [0.1, 0.15) is 17.5 Å². The van der Waals surface area contributed by atoms with E-state index in [9.17, 15) is 0 Å². The molecule has 0 saturated carbocycles. The Morgan fingerprint density at radius 3 is 2.57 bits per heavy atom. The molecule has 0 unspecified atom stereocenters. The van der Waals surface area contributed by atoms with Gasteiger partial charge in [-0.3, -0.25) is 4.98 Å². The number of hydrogen-bond donors (Lipinski definition) is 2. The Labute approximate surface area is 176 Å². The minimum absolute atomic E-state index is 0.508. The van der Waals surface area contributed by atoms with Crippen molar-refractivity contribution in [2.24, 2.45) is 0 Å². The van der Waals surface area contributed by atoms with Gasteiger partial charge in [-0.2, -0.15) is 0 Å². The van der Waals surface area contributed by atoms with Crippen LogP contribution in [0, 0.1) is 6.92 Å². The second-order valence-electron chi connectivity index (χ2n) is 7.75. The van der Waals surface area contributed by atoms with Gasteiger partial charge in [0, 0.05) is 23.7 Å². The zero-order valence-electron chi connectivity index (χ0n) is 17.0. The first-order valence-electron chi connectivity index (χ1n) is 10.3. The Balaban J connectivity index is 1.71. The van der Waals surface area contributed by atoms with Crippen LogP contribution in [-0.2, 0) is 0 Å². The van der Waals surface area contributed by atoms with Gasteiger partial charge in [-0.25, -0.2) is 4.98 Å². The quantitative estimate of drug-likeness (QED) is 0.501. The molecule has 0 radical (unpaired) electrons. The van der Waals surface area contributed by atoms with Crippen LogP contribution in [0.4, 0.5) is 5.82 Å². The maximum Gasteiger partial charge on any atom is 0.134 e. The molecule has 0 bridgehead atoms. The largest absolute Gasteiger partial charge is 0.383 e. The maximum atomic E-state index is 6.52. The number of rotatable bonds is 3. The van der Waals surface area contributed by atoms with Crippen LogP contribution in [0.5, 0.6) is 0 Å². The molecule has 0 spiro atoms. The highest BCUT2D eigenvalue weighted by Crippen LogP contribution is 2.37. The molecule has 1 aliphatic heterocycles. The lowest BCUT2D eigenvalue weighted by molar-refractivity contribution is 0.738. The number of fused-ring (bicyclic) bond motifs is 1. The van der Waals surface area contributed by atoms with Crippen LogP contribution in [-0.4, -0.2) is 23.1 Å². The monoisotopic (exact) mass is 392 g/mol. The molecule has 0 aliphatic carbocycles. The van der Waals surface area contributed by atoms with Crippen LogP contribution in [0.3, 0.4) is 0 Å². The van der Waals surface area contributed by atoms with E-state index in [0.717, 1.165) is 58.4 Å².